The first-order chi connectivity index (χ1) is 11.2. The number of aromatic nitrogens is 2. The van der Waals surface area contributed by atoms with Gasteiger partial charge in [-0.05, 0) is 37.1 Å². The van der Waals surface area contributed by atoms with Crippen molar-refractivity contribution >= 4 is 45.9 Å². The van der Waals surface area contributed by atoms with Crippen LogP contribution in [0, 0.1) is 0 Å². The maximum Gasteiger partial charge on any atom is 0.208 e. The van der Waals surface area contributed by atoms with Crippen molar-refractivity contribution in [3.8, 4) is 0 Å². The largest absolute Gasteiger partial charge is 0.324 e. The van der Waals surface area contributed by atoms with Crippen LogP contribution in [0.5, 0.6) is 0 Å². The number of rotatable bonds is 3. The summed E-state index contributed by atoms with van der Waals surface area (Å²) in [5.74, 6) is 0.813. The number of fused-ring (bicyclic) bond motifs is 1. The van der Waals surface area contributed by atoms with Crippen LogP contribution in [0.1, 0.15) is 25.7 Å². The monoisotopic (exact) mass is 345 g/mol. The van der Waals surface area contributed by atoms with Gasteiger partial charge in [0, 0.05) is 6.04 Å². The fraction of sp³-hybridized carbons (Fsp3) is 0.278. The standard InChI is InChI=1S/C18H17Cl2N3/c19-13-8-5-9-14(20)17(13)23(12-6-1-2-7-12)18-21-15-10-3-4-11-16(15)22-18/h3-5,8-12H,1-2,6-7H2,(H,21,22). The second-order valence-electron chi connectivity index (χ2n) is 5.96. The van der Waals surface area contributed by atoms with Gasteiger partial charge in [0.15, 0.2) is 0 Å². The quantitative estimate of drug-likeness (QED) is 0.635. The zero-order valence-electron chi connectivity index (χ0n) is 12.6. The Kier molecular flexibility index (Phi) is 3.92. The molecule has 1 fully saturated rings. The highest BCUT2D eigenvalue weighted by molar-refractivity contribution is 6.39. The Labute approximate surface area is 145 Å². The summed E-state index contributed by atoms with van der Waals surface area (Å²) in [4.78, 5) is 10.4. The van der Waals surface area contributed by atoms with Crippen LogP contribution in [0.25, 0.3) is 11.0 Å². The van der Waals surface area contributed by atoms with Gasteiger partial charge in [-0.2, -0.15) is 0 Å². The van der Waals surface area contributed by atoms with Crippen LogP contribution in [0.3, 0.4) is 0 Å². The molecule has 118 valence electrons. The lowest BCUT2D eigenvalue weighted by Crippen LogP contribution is -2.30. The highest BCUT2D eigenvalue weighted by Gasteiger charge is 2.29. The highest BCUT2D eigenvalue weighted by Crippen LogP contribution is 2.41. The second-order valence-corrected chi connectivity index (χ2v) is 6.77. The van der Waals surface area contributed by atoms with Crippen molar-refractivity contribution in [2.24, 2.45) is 0 Å². The summed E-state index contributed by atoms with van der Waals surface area (Å²) in [5, 5.41) is 1.31. The smallest absolute Gasteiger partial charge is 0.208 e. The molecule has 0 unspecified atom stereocenters. The number of anilines is 2. The molecule has 0 amide bonds. The molecule has 1 aromatic heterocycles. The Bertz CT molecular complexity index is 784. The number of halogens is 2. The number of hydrogen-bond acceptors (Lipinski definition) is 2. The fourth-order valence-electron chi connectivity index (χ4n) is 3.40. The minimum Gasteiger partial charge on any atom is -0.324 e. The number of hydrogen-bond donors (Lipinski definition) is 1. The van der Waals surface area contributed by atoms with E-state index in [0.29, 0.717) is 16.1 Å². The van der Waals surface area contributed by atoms with Crippen LogP contribution in [-0.4, -0.2) is 16.0 Å². The molecule has 0 atom stereocenters. The molecule has 0 bridgehead atoms. The van der Waals surface area contributed by atoms with Crippen LogP contribution >= 0.6 is 23.2 Å². The number of nitrogens with one attached hydrogen (secondary N) is 1. The zero-order chi connectivity index (χ0) is 15.8. The van der Waals surface area contributed by atoms with Gasteiger partial charge >= 0.3 is 0 Å². The van der Waals surface area contributed by atoms with E-state index in [9.17, 15) is 0 Å². The summed E-state index contributed by atoms with van der Waals surface area (Å²) < 4.78 is 0. The highest BCUT2D eigenvalue weighted by atomic mass is 35.5. The molecule has 3 nitrogen and oxygen atoms in total. The van der Waals surface area contributed by atoms with Gasteiger partial charge in [-0.25, -0.2) is 4.98 Å². The third-order valence-electron chi connectivity index (χ3n) is 4.47. The Balaban J connectivity index is 1.88. The van der Waals surface area contributed by atoms with E-state index in [1.807, 2.05) is 42.5 Å². The molecule has 0 saturated heterocycles. The van der Waals surface area contributed by atoms with Gasteiger partial charge in [-0.15, -0.1) is 0 Å². The van der Waals surface area contributed by atoms with Gasteiger partial charge in [0.2, 0.25) is 5.95 Å². The maximum absolute atomic E-state index is 6.48. The fourth-order valence-corrected chi connectivity index (χ4v) is 3.98. The van der Waals surface area contributed by atoms with Gasteiger partial charge in [0.05, 0.1) is 26.8 Å². The van der Waals surface area contributed by atoms with E-state index in [1.165, 1.54) is 12.8 Å². The Hall–Kier alpha value is -1.71. The molecule has 4 rings (SSSR count). The molecule has 0 aliphatic heterocycles. The third-order valence-corrected chi connectivity index (χ3v) is 5.08. The third kappa shape index (κ3) is 2.68. The normalized spacial score (nSPS) is 15.4. The Morgan fingerprint density at radius 2 is 1.65 bits per heavy atom. The predicted molar refractivity (Wildman–Crippen MR) is 97.0 cm³/mol. The molecular weight excluding hydrogens is 329 g/mol. The molecule has 1 N–H and O–H groups in total. The lowest BCUT2D eigenvalue weighted by Gasteiger charge is -2.30. The van der Waals surface area contributed by atoms with E-state index in [-0.39, 0.29) is 0 Å². The molecule has 0 radical (unpaired) electrons. The first-order valence-corrected chi connectivity index (χ1v) is 8.67. The molecule has 3 aromatic rings. The van der Waals surface area contributed by atoms with Gasteiger partial charge in [-0.3, -0.25) is 0 Å². The van der Waals surface area contributed by atoms with E-state index < -0.39 is 0 Å². The van der Waals surface area contributed by atoms with E-state index in [4.69, 9.17) is 28.2 Å². The predicted octanol–water partition coefficient (Wildman–Crippen LogP) is 5.95. The number of nitrogens with zero attached hydrogens (tertiary/aromatic N) is 2. The minimum absolute atomic E-state index is 0.368. The van der Waals surface area contributed by atoms with Crippen molar-refractivity contribution < 1.29 is 0 Å². The van der Waals surface area contributed by atoms with Crippen molar-refractivity contribution in [2.45, 2.75) is 31.7 Å². The SMILES string of the molecule is Clc1cccc(Cl)c1N(c1nc2ccccc2[nH]1)C1CCCC1. The lowest BCUT2D eigenvalue weighted by molar-refractivity contribution is 0.667. The number of benzene rings is 2. The summed E-state index contributed by atoms with van der Waals surface area (Å²) in [6, 6.07) is 14.1. The Morgan fingerprint density at radius 3 is 2.35 bits per heavy atom. The van der Waals surface area contributed by atoms with Crippen LogP contribution in [0.4, 0.5) is 11.6 Å². The minimum atomic E-state index is 0.368. The van der Waals surface area contributed by atoms with Crippen LogP contribution in [0.15, 0.2) is 42.5 Å². The number of aromatic amines is 1. The molecule has 5 heteroatoms. The summed E-state index contributed by atoms with van der Waals surface area (Å²) in [6.45, 7) is 0. The topological polar surface area (TPSA) is 31.9 Å². The Morgan fingerprint density at radius 1 is 0.957 bits per heavy atom. The summed E-state index contributed by atoms with van der Waals surface area (Å²) in [7, 11) is 0. The van der Waals surface area contributed by atoms with E-state index in [2.05, 4.69) is 9.88 Å². The zero-order valence-corrected chi connectivity index (χ0v) is 14.1. The van der Waals surface area contributed by atoms with Gasteiger partial charge in [0.1, 0.15) is 0 Å². The molecule has 0 spiro atoms. The molecule has 1 aliphatic rings. The number of para-hydroxylation sites is 3. The van der Waals surface area contributed by atoms with Crippen molar-refractivity contribution in [3.05, 3.63) is 52.5 Å². The van der Waals surface area contributed by atoms with E-state index >= 15 is 0 Å². The number of H-pyrrole nitrogens is 1. The lowest BCUT2D eigenvalue weighted by atomic mass is 10.2. The summed E-state index contributed by atoms with van der Waals surface area (Å²) in [6.07, 6.45) is 4.70. The molecule has 23 heavy (non-hydrogen) atoms. The number of imidazole rings is 1. The van der Waals surface area contributed by atoms with Crippen molar-refractivity contribution in [1.29, 1.82) is 0 Å². The average molecular weight is 346 g/mol. The maximum atomic E-state index is 6.48. The molecule has 1 saturated carbocycles. The van der Waals surface area contributed by atoms with Crippen LogP contribution in [0.2, 0.25) is 10.0 Å². The van der Waals surface area contributed by atoms with Crippen molar-refractivity contribution in [1.82, 2.24) is 9.97 Å². The van der Waals surface area contributed by atoms with Crippen molar-refractivity contribution in [3.63, 3.8) is 0 Å². The van der Waals surface area contributed by atoms with E-state index in [1.54, 1.807) is 0 Å². The molecular formula is C18H17Cl2N3. The first kappa shape index (κ1) is 14.9. The van der Waals surface area contributed by atoms with Gasteiger partial charge < -0.3 is 9.88 Å². The average Bonchev–Trinajstić information content (AvgIpc) is 3.20. The first-order valence-electron chi connectivity index (χ1n) is 7.92. The second kappa shape index (κ2) is 6.06. The van der Waals surface area contributed by atoms with E-state index in [0.717, 1.165) is 35.5 Å². The van der Waals surface area contributed by atoms with Crippen molar-refractivity contribution in [2.75, 3.05) is 4.90 Å². The van der Waals surface area contributed by atoms with Gasteiger partial charge in [0.25, 0.3) is 0 Å². The molecule has 2 aromatic carbocycles. The molecule has 1 aliphatic carbocycles. The summed E-state index contributed by atoms with van der Waals surface area (Å²) in [5.41, 5.74) is 2.82. The van der Waals surface area contributed by atoms with Gasteiger partial charge in [-0.1, -0.05) is 54.2 Å². The van der Waals surface area contributed by atoms with Crippen LogP contribution in [-0.2, 0) is 0 Å². The molecule has 1 heterocycles. The van der Waals surface area contributed by atoms with Crippen LogP contribution < -0.4 is 4.90 Å². The summed E-state index contributed by atoms with van der Waals surface area (Å²) >= 11 is 13.0.